The summed E-state index contributed by atoms with van der Waals surface area (Å²) < 4.78 is 0. The Labute approximate surface area is 111 Å². The normalized spacial score (nSPS) is 33.2. The molecule has 3 heteroatoms. The molecule has 0 amide bonds. The highest BCUT2D eigenvalue weighted by Gasteiger charge is 2.53. The van der Waals surface area contributed by atoms with E-state index in [-0.39, 0.29) is 11.0 Å². The molecule has 1 N–H and O–H groups in total. The summed E-state index contributed by atoms with van der Waals surface area (Å²) in [4.78, 5) is 13.9. The molecule has 0 aromatic heterocycles. The van der Waals surface area contributed by atoms with Gasteiger partial charge in [-0.25, -0.2) is 0 Å². The maximum atomic E-state index is 11.4. The van der Waals surface area contributed by atoms with Crippen molar-refractivity contribution in [2.45, 2.75) is 70.8 Å². The van der Waals surface area contributed by atoms with Gasteiger partial charge >= 0.3 is 5.97 Å². The van der Waals surface area contributed by atoms with E-state index in [4.69, 9.17) is 0 Å². The van der Waals surface area contributed by atoms with E-state index >= 15 is 0 Å². The molecule has 2 rings (SSSR count). The van der Waals surface area contributed by atoms with Gasteiger partial charge in [0.05, 0.1) is 6.42 Å². The molecule has 104 valence electrons. The molecule has 1 unspecified atom stereocenters. The summed E-state index contributed by atoms with van der Waals surface area (Å²) in [5.41, 5.74) is 0.0406. The molecule has 2 fully saturated rings. The topological polar surface area (TPSA) is 40.5 Å². The Bertz CT molecular complexity index is 306. The van der Waals surface area contributed by atoms with Crippen LogP contribution in [0.15, 0.2) is 0 Å². The van der Waals surface area contributed by atoms with Gasteiger partial charge in [-0.2, -0.15) is 0 Å². The molecule has 0 spiro atoms. The lowest BCUT2D eigenvalue weighted by molar-refractivity contribution is -0.143. The van der Waals surface area contributed by atoms with Crippen LogP contribution in [0.5, 0.6) is 0 Å². The van der Waals surface area contributed by atoms with Gasteiger partial charge in [-0.15, -0.1) is 0 Å². The highest BCUT2D eigenvalue weighted by Crippen LogP contribution is 2.52. The Kier molecular flexibility index (Phi) is 4.00. The molecule has 2 aliphatic rings. The number of aliphatic carboxylic acids is 1. The van der Waals surface area contributed by atoms with E-state index in [1.807, 2.05) is 0 Å². The third-order valence-electron chi connectivity index (χ3n) is 5.31. The minimum Gasteiger partial charge on any atom is -0.481 e. The van der Waals surface area contributed by atoms with Crippen LogP contribution in [-0.4, -0.2) is 34.6 Å². The number of hydrogen-bond donors (Lipinski definition) is 1. The molecule has 18 heavy (non-hydrogen) atoms. The third kappa shape index (κ3) is 2.42. The van der Waals surface area contributed by atoms with Gasteiger partial charge in [0.15, 0.2) is 0 Å². The second-order valence-electron chi connectivity index (χ2n) is 6.74. The van der Waals surface area contributed by atoms with Crippen molar-refractivity contribution in [2.24, 2.45) is 5.41 Å². The standard InChI is InChI=1S/C15H27NO2/c1-14(2)8-7-9-15(14,12-13(17)18)16-10-5-3-4-6-11-16/h3-12H2,1-2H3,(H,17,18). The lowest BCUT2D eigenvalue weighted by Gasteiger charge is -2.49. The number of likely N-dealkylation sites (tertiary alicyclic amines) is 1. The smallest absolute Gasteiger partial charge is 0.305 e. The number of rotatable bonds is 3. The van der Waals surface area contributed by atoms with Gasteiger partial charge in [0.25, 0.3) is 0 Å². The first-order valence-electron chi connectivity index (χ1n) is 7.45. The van der Waals surface area contributed by atoms with Gasteiger partial charge in [0.2, 0.25) is 0 Å². The van der Waals surface area contributed by atoms with Crippen LogP contribution in [0.4, 0.5) is 0 Å². The molecule has 0 bridgehead atoms. The van der Waals surface area contributed by atoms with Crippen LogP contribution in [0.2, 0.25) is 0 Å². The fourth-order valence-electron chi connectivity index (χ4n) is 4.17. The lowest BCUT2D eigenvalue weighted by Crippen LogP contribution is -2.56. The van der Waals surface area contributed by atoms with Crippen molar-refractivity contribution in [3.63, 3.8) is 0 Å². The fraction of sp³-hybridized carbons (Fsp3) is 0.933. The monoisotopic (exact) mass is 253 g/mol. The highest BCUT2D eigenvalue weighted by molar-refractivity contribution is 5.68. The van der Waals surface area contributed by atoms with E-state index in [1.54, 1.807) is 0 Å². The Hall–Kier alpha value is -0.570. The molecular weight excluding hydrogens is 226 g/mol. The summed E-state index contributed by atoms with van der Waals surface area (Å²) >= 11 is 0. The Morgan fingerprint density at radius 2 is 1.67 bits per heavy atom. The van der Waals surface area contributed by atoms with Crippen LogP contribution in [-0.2, 0) is 4.79 Å². The van der Waals surface area contributed by atoms with Crippen molar-refractivity contribution in [1.82, 2.24) is 4.90 Å². The Morgan fingerprint density at radius 1 is 1.06 bits per heavy atom. The molecule has 1 saturated heterocycles. The zero-order valence-corrected chi connectivity index (χ0v) is 11.9. The third-order valence-corrected chi connectivity index (χ3v) is 5.31. The fourth-order valence-corrected chi connectivity index (χ4v) is 4.17. The van der Waals surface area contributed by atoms with Gasteiger partial charge in [0.1, 0.15) is 0 Å². The zero-order valence-electron chi connectivity index (χ0n) is 11.9. The first-order valence-corrected chi connectivity index (χ1v) is 7.45. The summed E-state index contributed by atoms with van der Waals surface area (Å²) in [6.07, 6.45) is 8.80. The molecule has 1 aliphatic carbocycles. The number of carbonyl (C=O) groups is 1. The van der Waals surface area contributed by atoms with E-state index in [2.05, 4.69) is 18.7 Å². The second kappa shape index (κ2) is 5.20. The average molecular weight is 253 g/mol. The zero-order chi connectivity index (χ0) is 13.2. The van der Waals surface area contributed by atoms with E-state index in [0.717, 1.165) is 25.9 Å². The molecule has 1 heterocycles. The van der Waals surface area contributed by atoms with Crippen LogP contribution in [0.1, 0.15) is 65.2 Å². The number of nitrogens with zero attached hydrogens (tertiary/aromatic N) is 1. The van der Waals surface area contributed by atoms with Crippen LogP contribution in [0.3, 0.4) is 0 Å². The van der Waals surface area contributed by atoms with E-state index < -0.39 is 5.97 Å². The number of hydrogen-bond acceptors (Lipinski definition) is 2. The lowest BCUT2D eigenvalue weighted by atomic mass is 9.71. The first-order chi connectivity index (χ1) is 8.48. The molecule has 0 radical (unpaired) electrons. The van der Waals surface area contributed by atoms with Crippen LogP contribution in [0.25, 0.3) is 0 Å². The van der Waals surface area contributed by atoms with Crippen molar-refractivity contribution in [2.75, 3.05) is 13.1 Å². The van der Waals surface area contributed by atoms with E-state index in [9.17, 15) is 9.90 Å². The molecule has 1 aliphatic heterocycles. The quantitative estimate of drug-likeness (QED) is 0.839. The average Bonchev–Trinajstić information content (AvgIpc) is 2.51. The largest absolute Gasteiger partial charge is 0.481 e. The van der Waals surface area contributed by atoms with Crippen molar-refractivity contribution in [1.29, 1.82) is 0 Å². The molecule has 1 atom stereocenters. The minimum absolute atomic E-state index is 0.0941. The summed E-state index contributed by atoms with van der Waals surface area (Å²) in [5.74, 6) is -0.630. The predicted octanol–water partition coefficient (Wildman–Crippen LogP) is 3.29. The van der Waals surface area contributed by atoms with Gasteiger partial charge in [-0.05, 0) is 44.2 Å². The van der Waals surface area contributed by atoms with Gasteiger partial charge in [-0.1, -0.05) is 33.1 Å². The summed E-state index contributed by atoms with van der Waals surface area (Å²) in [7, 11) is 0. The maximum Gasteiger partial charge on any atom is 0.305 e. The number of carboxylic acids is 1. The van der Waals surface area contributed by atoms with Crippen molar-refractivity contribution >= 4 is 5.97 Å². The summed E-state index contributed by atoms with van der Waals surface area (Å²) in [5, 5.41) is 9.35. The van der Waals surface area contributed by atoms with Gasteiger partial charge in [0, 0.05) is 5.54 Å². The molecular formula is C15H27NO2. The summed E-state index contributed by atoms with van der Waals surface area (Å²) in [6.45, 7) is 6.73. The first kappa shape index (κ1) is 13.9. The van der Waals surface area contributed by atoms with E-state index in [1.165, 1.54) is 32.1 Å². The van der Waals surface area contributed by atoms with Crippen LogP contribution >= 0.6 is 0 Å². The van der Waals surface area contributed by atoms with Gasteiger partial charge in [-0.3, -0.25) is 9.69 Å². The maximum absolute atomic E-state index is 11.4. The van der Waals surface area contributed by atoms with Crippen LogP contribution < -0.4 is 0 Å². The molecule has 0 aromatic carbocycles. The number of carboxylic acid groups (broad SMARTS) is 1. The van der Waals surface area contributed by atoms with Crippen molar-refractivity contribution < 1.29 is 9.90 Å². The van der Waals surface area contributed by atoms with Crippen LogP contribution in [0, 0.1) is 5.41 Å². The second-order valence-corrected chi connectivity index (χ2v) is 6.74. The molecule has 1 saturated carbocycles. The summed E-state index contributed by atoms with van der Waals surface area (Å²) in [6, 6.07) is 0. The van der Waals surface area contributed by atoms with Crippen molar-refractivity contribution in [3.8, 4) is 0 Å². The molecule has 0 aromatic rings. The van der Waals surface area contributed by atoms with E-state index in [0.29, 0.717) is 6.42 Å². The van der Waals surface area contributed by atoms with Gasteiger partial charge < -0.3 is 5.11 Å². The molecule has 3 nitrogen and oxygen atoms in total. The highest BCUT2D eigenvalue weighted by atomic mass is 16.4. The Balaban J connectivity index is 2.25. The SMILES string of the molecule is CC1(C)CCCC1(CC(=O)O)N1CCCCCC1. The predicted molar refractivity (Wildman–Crippen MR) is 72.7 cm³/mol. The van der Waals surface area contributed by atoms with Crippen molar-refractivity contribution in [3.05, 3.63) is 0 Å². The Morgan fingerprint density at radius 3 is 2.11 bits per heavy atom. The minimum atomic E-state index is -0.630.